The van der Waals surface area contributed by atoms with Crippen LogP contribution in [0.3, 0.4) is 0 Å². The van der Waals surface area contributed by atoms with Gasteiger partial charge < -0.3 is 10.6 Å². The standard InChI is InChI=1S/C12H15N3O/c1-12(2,11(14)16)15-7-8-5-3-4-6-9(8)10(15)13/h3-6,13H,7H2,1-2H3,(H2,14,16). The second kappa shape index (κ2) is 3.33. The predicted molar refractivity (Wildman–Crippen MR) is 62.1 cm³/mol. The van der Waals surface area contributed by atoms with E-state index in [9.17, 15) is 4.79 Å². The Kier molecular flexibility index (Phi) is 2.22. The lowest BCUT2D eigenvalue weighted by molar-refractivity contribution is -0.126. The van der Waals surface area contributed by atoms with Crippen molar-refractivity contribution in [1.29, 1.82) is 5.41 Å². The number of rotatable bonds is 2. The highest BCUT2D eigenvalue weighted by Crippen LogP contribution is 2.28. The van der Waals surface area contributed by atoms with Crippen LogP contribution in [0.25, 0.3) is 0 Å². The molecule has 0 aromatic heterocycles. The lowest BCUT2D eigenvalue weighted by atomic mass is 10.0. The molecule has 1 aromatic carbocycles. The van der Waals surface area contributed by atoms with Gasteiger partial charge in [-0.1, -0.05) is 24.3 Å². The van der Waals surface area contributed by atoms with Gasteiger partial charge in [-0.15, -0.1) is 0 Å². The number of benzene rings is 1. The van der Waals surface area contributed by atoms with Gasteiger partial charge in [0.1, 0.15) is 11.4 Å². The van der Waals surface area contributed by atoms with Gasteiger partial charge in [-0.3, -0.25) is 10.2 Å². The molecular formula is C12H15N3O. The van der Waals surface area contributed by atoms with E-state index in [0.717, 1.165) is 11.1 Å². The summed E-state index contributed by atoms with van der Waals surface area (Å²) >= 11 is 0. The summed E-state index contributed by atoms with van der Waals surface area (Å²) in [4.78, 5) is 13.1. The molecule has 0 radical (unpaired) electrons. The van der Waals surface area contributed by atoms with Gasteiger partial charge >= 0.3 is 0 Å². The number of nitrogens with one attached hydrogen (secondary N) is 1. The Hall–Kier alpha value is -1.84. The molecule has 2 rings (SSSR count). The third-order valence-electron chi connectivity index (χ3n) is 3.15. The van der Waals surface area contributed by atoms with Crippen LogP contribution in [0.4, 0.5) is 0 Å². The van der Waals surface area contributed by atoms with E-state index in [2.05, 4.69) is 0 Å². The molecule has 3 N–H and O–H groups in total. The number of nitrogens with two attached hydrogens (primary N) is 1. The maximum absolute atomic E-state index is 11.4. The summed E-state index contributed by atoms with van der Waals surface area (Å²) in [5, 5.41) is 8.05. The summed E-state index contributed by atoms with van der Waals surface area (Å²) in [7, 11) is 0. The molecule has 84 valence electrons. The van der Waals surface area contributed by atoms with Gasteiger partial charge in [0.05, 0.1) is 0 Å². The average Bonchev–Trinajstić information content (AvgIpc) is 2.57. The lowest BCUT2D eigenvalue weighted by Crippen LogP contribution is -2.53. The van der Waals surface area contributed by atoms with Crippen LogP contribution in [0.15, 0.2) is 24.3 Å². The van der Waals surface area contributed by atoms with Gasteiger partial charge in [0.25, 0.3) is 0 Å². The van der Waals surface area contributed by atoms with E-state index >= 15 is 0 Å². The number of primary amides is 1. The van der Waals surface area contributed by atoms with E-state index in [1.807, 2.05) is 24.3 Å². The first-order valence-corrected chi connectivity index (χ1v) is 5.19. The summed E-state index contributed by atoms with van der Waals surface area (Å²) in [5.74, 6) is -0.0375. The largest absolute Gasteiger partial charge is 0.368 e. The third-order valence-corrected chi connectivity index (χ3v) is 3.15. The zero-order valence-corrected chi connectivity index (χ0v) is 9.45. The topological polar surface area (TPSA) is 70.2 Å². The van der Waals surface area contributed by atoms with Crippen LogP contribution >= 0.6 is 0 Å². The molecule has 0 spiro atoms. The Morgan fingerprint density at radius 1 is 1.44 bits per heavy atom. The molecule has 16 heavy (non-hydrogen) atoms. The number of carbonyl (C=O) groups excluding carboxylic acids is 1. The molecule has 0 saturated carbocycles. The van der Waals surface area contributed by atoms with Crippen molar-refractivity contribution in [3.63, 3.8) is 0 Å². The minimum atomic E-state index is -0.823. The van der Waals surface area contributed by atoms with Gasteiger partial charge in [0.15, 0.2) is 0 Å². The Morgan fingerprint density at radius 3 is 2.62 bits per heavy atom. The molecule has 1 amide bonds. The smallest absolute Gasteiger partial charge is 0.242 e. The molecule has 0 fully saturated rings. The molecule has 1 heterocycles. The van der Waals surface area contributed by atoms with Gasteiger partial charge in [-0.2, -0.15) is 0 Å². The van der Waals surface area contributed by atoms with E-state index in [0.29, 0.717) is 12.4 Å². The van der Waals surface area contributed by atoms with E-state index in [1.165, 1.54) is 0 Å². The fraction of sp³-hybridized carbons (Fsp3) is 0.333. The first kappa shape index (κ1) is 10.7. The quantitative estimate of drug-likeness (QED) is 0.778. The molecule has 4 heteroatoms. The molecule has 4 nitrogen and oxygen atoms in total. The summed E-state index contributed by atoms with van der Waals surface area (Å²) < 4.78 is 0. The molecule has 0 atom stereocenters. The van der Waals surface area contributed by atoms with Crippen LogP contribution in [0.2, 0.25) is 0 Å². The van der Waals surface area contributed by atoms with Crippen molar-refractivity contribution < 1.29 is 4.79 Å². The maximum Gasteiger partial charge on any atom is 0.242 e. The van der Waals surface area contributed by atoms with Gasteiger partial charge in [0, 0.05) is 12.1 Å². The van der Waals surface area contributed by atoms with Crippen molar-refractivity contribution in [2.75, 3.05) is 0 Å². The van der Waals surface area contributed by atoms with Crippen molar-refractivity contribution in [3.05, 3.63) is 35.4 Å². The van der Waals surface area contributed by atoms with Crippen LogP contribution in [0, 0.1) is 5.41 Å². The number of amides is 1. The lowest BCUT2D eigenvalue weighted by Gasteiger charge is -2.33. The molecule has 0 bridgehead atoms. The Bertz CT molecular complexity index is 465. The zero-order chi connectivity index (χ0) is 11.9. The first-order valence-electron chi connectivity index (χ1n) is 5.19. The predicted octanol–water partition coefficient (Wildman–Crippen LogP) is 1.09. The van der Waals surface area contributed by atoms with Crippen molar-refractivity contribution in [2.24, 2.45) is 5.73 Å². The molecule has 1 aromatic rings. The summed E-state index contributed by atoms with van der Waals surface area (Å²) in [6.07, 6.45) is 0. The van der Waals surface area contributed by atoms with E-state index in [1.54, 1.807) is 18.7 Å². The molecule has 0 saturated heterocycles. The van der Waals surface area contributed by atoms with E-state index < -0.39 is 11.4 Å². The first-order chi connectivity index (χ1) is 7.44. The molecule has 1 aliphatic heterocycles. The SMILES string of the molecule is CC(C)(C(N)=O)N1Cc2ccccc2C1=N. The van der Waals surface area contributed by atoms with Crippen molar-refractivity contribution in [1.82, 2.24) is 4.90 Å². The van der Waals surface area contributed by atoms with Crippen LogP contribution in [-0.4, -0.2) is 22.2 Å². The van der Waals surface area contributed by atoms with Crippen molar-refractivity contribution in [3.8, 4) is 0 Å². The number of fused-ring (bicyclic) bond motifs is 1. The maximum atomic E-state index is 11.4. The van der Waals surface area contributed by atoms with Gasteiger partial charge in [0.2, 0.25) is 5.91 Å². The van der Waals surface area contributed by atoms with E-state index in [-0.39, 0.29) is 0 Å². The Balaban J connectivity index is 2.39. The molecule has 1 aliphatic rings. The zero-order valence-electron chi connectivity index (χ0n) is 9.45. The number of carbonyl (C=O) groups is 1. The van der Waals surface area contributed by atoms with Crippen molar-refractivity contribution >= 4 is 11.7 Å². The van der Waals surface area contributed by atoms with E-state index in [4.69, 9.17) is 11.1 Å². The third kappa shape index (κ3) is 1.38. The molecule has 0 aliphatic carbocycles. The molecular weight excluding hydrogens is 202 g/mol. The van der Waals surface area contributed by atoms with Gasteiger partial charge in [-0.25, -0.2) is 0 Å². The van der Waals surface area contributed by atoms with Gasteiger partial charge in [-0.05, 0) is 19.4 Å². The number of nitrogens with zero attached hydrogens (tertiary/aromatic N) is 1. The summed E-state index contributed by atoms with van der Waals surface area (Å²) in [6, 6.07) is 7.71. The second-order valence-electron chi connectivity index (χ2n) is 4.52. The molecule has 0 unspecified atom stereocenters. The Morgan fingerprint density at radius 2 is 2.06 bits per heavy atom. The Labute approximate surface area is 94.6 Å². The second-order valence-corrected chi connectivity index (χ2v) is 4.52. The monoisotopic (exact) mass is 217 g/mol. The average molecular weight is 217 g/mol. The number of hydrogen-bond donors (Lipinski definition) is 2. The van der Waals surface area contributed by atoms with Crippen molar-refractivity contribution in [2.45, 2.75) is 25.9 Å². The van der Waals surface area contributed by atoms with Crippen LogP contribution in [0.1, 0.15) is 25.0 Å². The van der Waals surface area contributed by atoms with Crippen LogP contribution in [0.5, 0.6) is 0 Å². The minimum absolute atomic E-state index is 0.374. The highest BCUT2D eigenvalue weighted by atomic mass is 16.1. The summed E-state index contributed by atoms with van der Waals surface area (Å²) in [5.41, 5.74) is 6.50. The highest BCUT2D eigenvalue weighted by Gasteiger charge is 2.38. The summed E-state index contributed by atoms with van der Waals surface area (Å²) in [6.45, 7) is 4.07. The van der Waals surface area contributed by atoms with Crippen LogP contribution in [-0.2, 0) is 11.3 Å². The fourth-order valence-corrected chi connectivity index (χ4v) is 1.89. The number of amidine groups is 1. The fourth-order valence-electron chi connectivity index (χ4n) is 1.89. The normalized spacial score (nSPS) is 15.1. The number of hydrogen-bond acceptors (Lipinski definition) is 2. The minimum Gasteiger partial charge on any atom is -0.368 e. The highest BCUT2D eigenvalue weighted by molar-refractivity contribution is 6.03. The van der Waals surface area contributed by atoms with Crippen LogP contribution < -0.4 is 5.73 Å².